The van der Waals surface area contributed by atoms with Crippen molar-refractivity contribution in [1.29, 1.82) is 0 Å². The lowest BCUT2D eigenvalue weighted by molar-refractivity contribution is -0.851. The first-order valence-electron chi connectivity index (χ1n) is 3.72. The minimum atomic E-state index is -0.715. The average molecular weight is 146 g/mol. The number of rotatable bonds is 3. The Morgan fingerprint density at radius 2 is 1.50 bits per heavy atom. The number of quaternary nitrogens is 1. The molecule has 10 heavy (non-hydrogen) atoms. The Morgan fingerprint density at radius 3 is 1.50 bits per heavy atom. The molecule has 1 N–H and O–H groups in total. The van der Waals surface area contributed by atoms with Gasteiger partial charge in [0, 0.05) is 0 Å². The van der Waals surface area contributed by atoms with E-state index in [1.165, 1.54) is 0 Å². The topological polar surface area (TPSA) is 37.3 Å². The second-order valence-electron chi connectivity index (χ2n) is 2.38. The van der Waals surface area contributed by atoms with Gasteiger partial charge in [-0.2, -0.15) is 4.79 Å². The van der Waals surface area contributed by atoms with Crippen LogP contribution in [0.1, 0.15) is 20.8 Å². The molecule has 0 aliphatic carbocycles. The van der Waals surface area contributed by atoms with Gasteiger partial charge >= 0.3 is 6.09 Å². The maximum atomic E-state index is 10.7. The number of carboxylic acid groups (broad SMARTS) is 1. The first-order chi connectivity index (χ1) is 4.63. The highest BCUT2D eigenvalue weighted by atomic mass is 16.4. The van der Waals surface area contributed by atoms with Crippen molar-refractivity contribution in [2.24, 2.45) is 0 Å². The maximum Gasteiger partial charge on any atom is 0.513 e. The molecule has 0 heterocycles. The highest BCUT2D eigenvalue weighted by molar-refractivity contribution is 5.56. The molecule has 0 aromatic heterocycles. The van der Waals surface area contributed by atoms with Crippen LogP contribution in [0.4, 0.5) is 4.79 Å². The fourth-order valence-electron chi connectivity index (χ4n) is 1.08. The van der Waals surface area contributed by atoms with Crippen LogP contribution in [-0.2, 0) is 0 Å². The Morgan fingerprint density at radius 1 is 1.20 bits per heavy atom. The molecule has 0 spiro atoms. The molecule has 0 fully saturated rings. The van der Waals surface area contributed by atoms with Crippen LogP contribution in [0.3, 0.4) is 0 Å². The second-order valence-corrected chi connectivity index (χ2v) is 2.38. The number of amides is 1. The lowest BCUT2D eigenvalue weighted by Crippen LogP contribution is -2.51. The quantitative estimate of drug-likeness (QED) is 0.613. The summed E-state index contributed by atoms with van der Waals surface area (Å²) in [5.74, 6) is 0. The van der Waals surface area contributed by atoms with Crippen LogP contribution in [0.25, 0.3) is 0 Å². The fourth-order valence-corrected chi connectivity index (χ4v) is 1.08. The van der Waals surface area contributed by atoms with Gasteiger partial charge in [-0.25, -0.2) is 4.48 Å². The molecule has 0 aromatic carbocycles. The highest BCUT2D eigenvalue weighted by Crippen LogP contribution is 2.05. The van der Waals surface area contributed by atoms with Crippen molar-refractivity contribution < 1.29 is 14.4 Å². The van der Waals surface area contributed by atoms with E-state index in [4.69, 9.17) is 5.11 Å². The molecule has 0 saturated heterocycles. The van der Waals surface area contributed by atoms with E-state index in [0.717, 1.165) is 0 Å². The number of hydrogen-bond donors (Lipinski definition) is 1. The van der Waals surface area contributed by atoms with Crippen molar-refractivity contribution in [2.75, 3.05) is 19.6 Å². The van der Waals surface area contributed by atoms with Gasteiger partial charge in [0.1, 0.15) is 0 Å². The normalized spacial score (nSPS) is 11.5. The number of nitrogens with zero attached hydrogens (tertiary/aromatic N) is 1. The molecular formula is C7H16NO2+. The molecule has 60 valence electrons. The zero-order valence-corrected chi connectivity index (χ0v) is 6.92. The summed E-state index contributed by atoms with van der Waals surface area (Å²) < 4.78 is 0.181. The van der Waals surface area contributed by atoms with E-state index in [1.807, 2.05) is 20.8 Å². The van der Waals surface area contributed by atoms with Crippen LogP contribution >= 0.6 is 0 Å². The maximum absolute atomic E-state index is 10.7. The molecule has 0 saturated carbocycles. The average Bonchev–Trinajstić information content (AvgIpc) is 1.92. The van der Waals surface area contributed by atoms with Crippen molar-refractivity contribution in [3.05, 3.63) is 0 Å². The lowest BCUT2D eigenvalue weighted by Gasteiger charge is -2.28. The van der Waals surface area contributed by atoms with Gasteiger partial charge in [0.25, 0.3) is 0 Å². The Balaban J connectivity index is 4.31. The van der Waals surface area contributed by atoms with Gasteiger partial charge in [-0.3, -0.25) is 0 Å². The molecule has 0 bridgehead atoms. The number of hydrogen-bond acceptors (Lipinski definition) is 1. The summed E-state index contributed by atoms with van der Waals surface area (Å²) in [5, 5.41) is 8.80. The van der Waals surface area contributed by atoms with Crippen LogP contribution < -0.4 is 0 Å². The molecule has 0 aromatic rings. The summed E-state index contributed by atoms with van der Waals surface area (Å²) in [7, 11) is 0. The summed E-state index contributed by atoms with van der Waals surface area (Å²) in [4.78, 5) is 10.7. The van der Waals surface area contributed by atoms with E-state index in [2.05, 4.69) is 0 Å². The molecular weight excluding hydrogens is 130 g/mol. The van der Waals surface area contributed by atoms with Gasteiger partial charge in [0.2, 0.25) is 0 Å². The predicted molar refractivity (Wildman–Crippen MR) is 39.9 cm³/mol. The lowest BCUT2D eigenvalue weighted by atomic mass is 10.4. The smallest absolute Gasteiger partial charge is 0.435 e. The third-order valence-corrected chi connectivity index (χ3v) is 2.22. The monoisotopic (exact) mass is 146 g/mol. The van der Waals surface area contributed by atoms with Crippen molar-refractivity contribution in [1.82, 2.24) is 0 Å². The summed E-state index contributed by atoms with van der Waals surface area (Å²) in [5.41, 5.74) is 0. The van der Waals surface area contributed by atoms with E-state index in [0.29, 0.717) is 19.6 Å². The summed E-state index contributed by atoms with van der Waals surface area (Å²) in [6.07, 6.45) is -0.715. The minimum Gasteiger partial charge on any atom is -0.435 e. The van der Waals surface area contributed by atoms with Crippen LogP contribution in [0, 0.1) is 0 Å². The molecule has 0 radical (unpaired) electrons. The SMILES string of the molecule is CC[N+](CC)(CC)C(=O)O. The van der Waals surface area contributed by atoms with Crippen LogP contribution in [0.15, 0.2) is 0 Å². The van der Waals surface area contributed by atoms with E-state index in [9.17, 15) is 4.79 Å². The molecule has 0 aliphatic rings. The van der Waals surface area contributed by atoms with Gasteiger partial charge < -0.3 is 5.11 Å². The van der Waals surface area contributed by atoms with E-state index < -0.39 is 6.09 Å². The molecule has 0 rings (SSSR count). The summed E-state index contributed by atoms with van der Waals surface area (Å²) in [6.45, 7) is 7.72. The zero-order valence-electron chi connectivity index (χ0n) is 6.92. The van der Waals surface area contributed by atoms with E-state index in [-0.39, 0.29) is 4.48 Å². The Kier molecular flexibility index (Phi) is 3.36. The Bertz CT molecular complexity index is 111. The first-order valence-corrected chi connectivity index (χ1v) is 3.72. The zero-order chi connectivity index (χ0) is 8.20. The third-order valence-electron chi connectivity index (χ3n) is 2.22. The van der Waals surface area contributed by atoms with Gasteiger partial charge in [0.15, 0.2) is 0 Å². The van der Waals surface area contributed by atoms with E-state index in [1.54, 1.807) is 0 Å². The number of carbonyl (C=O) groups is 1. The summed E-state index contributed by atoms with van der Waals surface area (Å²) in [6, 6.07) is 0. The molecule has 1 amide bonds. The molecule has 3 heteroatoms. The van der Waals surface area contributed by atoms with E-state index >= 15 is 0 Å². The van der Waals surface area contributed by atoms with Crippen LogP contribution in [0.2, 0.25) is 0 Å². The third kappa shape index (κ3) is 1.48. The van der Waals surface area contributed by atoms with Gasteiger partial charge in [-0.05, 0) is 20.8 Å². The van der Waals surface area contributed by atoms with Gasteiger partial charge in [-0.1, -0.05) is 0 Å². The van der Waals surface area contributed by atoms with Gasteiger partial charge in [-0.15, -0.1) is 0 Å². The Labute approximate surface area is 61.9 Å². The van der Waals surface area contributed by atoms with Crippen molar-refractivity contribution in [2.45, 2.75) is 20.8 Å². The molecule has 3 nitrogen and oxygen atoms in total. The van der Waals surface area contributed by atoms with Crippen LogP contribution in [0.5, 0.6) is 0 Å². The van der Waals surface area contributed by atoms with Crippen molar-refractivity contribution >= 4 is 6.09 Å². The van der Waals surface area contributed by atoms with Crippen molar-refractivity contribution in [3.8, 4) is 0 Å². The van der Waals surface area contributed by atoms with Gasteiger partial charge in [0.05, 0.1) is 19.6 Å². The van der Waals surface area contributed by atoms with Crippen LogP contribution in [-0.4, -0.2) is 35.3 Å². The second kappa shape index (κ2) is 3.56. The first kappa shape index (κ1) is 9.43. The molecule has 0 unspecified atom stereocenters. The molecule has 0 aliphatic heterocycles. The van der Waals surface area contributed by atoms with Crippen molar-refractivity contribution in [3.63, 3.8) is 0 Å². The summed E-state index contributed by atoms with van der Waals surface area (Å²) >= 11 is 0. The standard InChI is InChI=1S/C7H15NO2/c1-4-8(5-2,6-3)7(9)10/h4-6H2,1-3H3/p+1. The molecule has 0 atom stereocenters. The minimum absolute atomic E-state index is 0.181. The largest absolute Gasteiger partial charge is 0.513 e. The fraction of sp³-hybridized carbons (Fsp3) is 0.857. The predicted octanol–water partition coefficient (Wildman–Crippen LogP) is 1.54. The highest BCUT2D eigenvalue weighted by Gasteiger charge is 2.30. The Hall–Kier alpha value is -0.570.